The number of aliphatic hydroxyl groups excluding tert-OH is 1. The zero-order valence-corrected chi connectivity index (χ0v) is 19.9. The third-order valence-corrected chi connectivity index (χ3v) is 7.41. The lowest BCUT2D eigenvalue weighted by Crippen LogP contribution is -2.17. The summed E-state index contributed by atoms with van der Waals surface area (Å²) in [7, 11) is 0. The number of Topliss-reactive ketones (excluding diaryl/α,β-unsaturated/α-hetero) is 1. The number of benzene rings is 1. The molecule has 1 aromatic carbocycles. The molecule has 5 nitrogen and oxygen atoms in total. The van der Waals surface area contributed by atoms with Gasteiger partial charge in [0.1, 0.15) is 17.4 Å². The van der Waals surface area contributed by atoms with Crippen molar-refractivity contribution in [1.29, 1.82) is 0 Å². The molecule has 174 valence electrons. The van der Waals surface area contributed by atoms with Gasteiger partial charge in [-0.1, -0.05) is 55.9 Å². The number of carbonyl (C=O) groups is 1. The molecule has 2 saturated carbocycles. The monoisotopic (exact) mass is 437 g/mol. The summed E-state index contributed by atoms with van der Waals surface area (Å²) >= 11 is 0. The van der Waals surface area contributed by atoms with Crippen LogP contribution in [-0.4, -0.2) is 32.3 Å². The molecule has 1 atom stereocenters. The molecular weight excluding hydrogens is 398 g/mol. The van der Waals surface area contributed by atoms with Crippen molar-refractivity contribution in [3.05, 3.63) is 46.5 Å². The molecule has 32 heavy (non-hydrogen) atoms. The molecule has 0 radical (unpaired) electrons. The number of nitrogens with zero attached hydrogens (tertiary/aromatic N) is 3. The van der Waals surface area contributed by atoms with E-state index in [4.69, 9.17) is 0 Å². The normalized spacial score (nSPS) is 18.1. The van der Waals surface area contributed by atoms with E-state index < -0.39 is 0 Å². The minimum absolute atomic E-state index is 0.0604. The standard InChI is InChI=1S/C27H39N3O2/c1-19-8-10-22(20(2)16-19)17-25(32)18-23(14-15-31)27-29-28-26(30(27)24-11-12-24)13-9-21-6-4-3-5-7-21/h8,10,16,21,23-24,31H,3-7,9,11-15,17-18H2,1-2H3. The number of ketones is 1. The molecule has 1 N–H and O–H groups in total. The maximum atomic E-state index is 13.0. The number of aromatic nitrogens is 3. The van der Waals surface area contributed by atoms with Gasteiger partial charge in [0, 0.05) is 37.8 Å². The lowest BCUT2D eigenvalue weighted by Gasteiger charge is -2.21. The highest BCUT2D eigenvalue weighted by Crippen LogP contribution is 2.40. The van der Waals surface area contributed by atoms with Crippen LogP contribution in [0.15, 0.2) is 18.2 Å². The van der Waals surface area contributed by atoms with Crippen LogP contribution in [0.3, 0.4) is 0 Å². The summed E-state index contributed by atoms with van der Waals surface area (Å²) in [6.07, 6.45) is 12.8. The van der Waals surface area contributed by atoms with Crippen LogP contribution in [0, 0.1) is 19.8 Å². The Morgan fingerprint density at radius 1 is 1.12 bits per heavy atom. The highest BCUT2D eigenvalue weighted by Gasteiger charge is 2.33. The van der Waals surface area contributed by atoms with Gasteiger partial charge in [-0.15, -0.1) is 10.2 Å². The smallest absolute Gasteiger partial charge is 0.138 e. The maximum absolute atomic E-state index is 13.0. The molecular formula is C27H39N3O2. The SMILES string of the molecule is Cc1ccc(CC(=O)CC(CCO)c2nnc(CCC3CCCCC3)n2C2CC2)c(C)c1. The van der Waals surface area contributed by atoms with E-state index in [1.807, 2.05) is 0 Å². The van der Waals surface area contributed by atoms with Crippen molar-refractivity contribution in [2.24, 2.45) is 5.92 Å². The van der Waals surface area contributed by atoms with Crippen molar-refractivity contribution in [3.8, 4) is 0 Å². The van der Waals surface area contributed by atoms with E-state index in [-0.39, 0.29) is 18.3 Å². The van der Waals surface area contributed by atoms with E-state index in [1.54, 1.807) is 0 Å². The largest absolute Gasteiger partial charge is 0.396 e. The molecule has 1 heterocycles. The zero-order valence-electron chi connectivity index (χ0n) is 19.9. The van der Waals surface area contributed by atoms with Crippen molar-refractivity contribution in [2.75, 3.05) is 6.61 Å². The Kier molecular flexibility index (Phi) is 7.77. The second-order valence-electron chi connectivity index (χ2n) is 10.2. The van der Waals surface area contributed by atoms with Crippen molar-refractivity contribution in [2.45, 2.75) is 103 Å². The fourth-order valence-corrected chi connectivity index (χ4v) is 5.41. The van der Waals surface area contributed by atoms with Crippen LogP contribution in [0.4, 0.5) is 0 Å². The minimum Gasteiger partial charge on any atom is -0.396 e. The molecule has 2 aliphatic rings. The fraction of sp³-hybridized carbons (Fsp3) is 0.667. The highest BCUT2D eigenvalue weighted by atomic mass is 16.3. The Hall–Kier alpha value is -2.01. The van der Waals surface area contributed by atoms with Crippen LogP contribution in [0.1, 0.15) is 105 Å². The minimum atomic E-state index is -0.0604. The Morgan fingerprint density at radius 2 is 1.91 bits per heavy atom. The maximum Gasteiger partial charge on any atom is 0.138 e. The van der Waals surface area contributed by atoms with Crippen LogP contribution >= 0.6 is 0 Å². The topological polar surface area (TPSA) is 68.0 Å². The predicted molar refractivity (Wildman–Crippen MR) is 127 cm³/mol. The summed E-state index contributed by atoms with van der Waals surface area (Å²) in [6.45, 7) is 4.21. The number of hydrogen-bond donors (Lipinski definition) is 1. The first kappa shape index (κ1) is 23.2. The molecule has 2 aromatic rings. The molecule has 0 spiro atoms. The second kappa shape index (κ2) is 10.7. The fourth-order valence-electron chi connectivity index (χ4n) is 5.41. The van der Waals surface area contributed by atoms with Gasteiger partial charge in [0.25, 0.3) is 0 Å². The first-order chi connectivity index (χ1) is 15.5. The van der Waals surface area contributed by atoms with Gasteiger partial charge in [-0.3, -0.25) is 4.79 Å². The van der Waals surface area contributed by atoms with E-state index in [2.05, 4.69) is 46.8 Å². The van der Waals surface area contributed by atoms with Gasteiger partial charge in [-0.25, -0.2) is 0 Å². The van der Waals surface area contributed by atoms with Gasteiger partial charge in [-0.05, 0) is 56.6 Å². The molecule has 0 amide bonds. The molecule has 0 aliphatic heterocycles. The lowest BCUT2D eigenvalue weighted by atomic mass is 9.86. The average molecular weight is 438 g/mol. The van der Waals surface area contributed by atoms with E-state index in [0.717, 1.165) is 29.6 Å². The molecule has 0 saturated heterocycles. The summed E-state index contributed by atoms with van der Waals surface area (Å²) < 4.78 is 2.34. The van der Waals surface area contributed by atoms with Crippen LogP contribution in [0.25, 0.3) is 0 Å². The van der Waals surface area contributed by atoms with Gasteiger partial charge in [0.15, 0.2) is 0 Å². The summed E-state index contributed by atoms with van der Waals surface area (Å²) in [6, 6.07) is 6.76. The summed E-state index contributed by atoms with van der Waals surface area (Å²) in [5, 5.41) is 18.9. The molecule has 1 unspecified atom stereocenters. The van der Waals surface area contributed by atoms with Gasteiger partial charge in [0.05, 0.1) is 0 Å². The van der Waals surface area contributed by atoms with Gasteiger partial charge < -0.3 is 9.67 Å². The number of carbonyl (C=O) groups excluding carboxylic acids is 1. The molecule has 1 aromatic heterocycles. The summed E-state index contributed by atoms with van der Waals surface area (Å²) in [4.78, 5) is 13.0. The van der Waals surface area contributed by atoms with E-state index in [0.29, 0.717) is 25.3 Å². The van der Waals surface area contributed by atoms with E-state index in [9.17, 15) is 9.90 Å². The van der Waals surface area contributed by atoms with Crippen molar-refractivity contribution in [3.63, 3.8) is 0 Å². The van der Waals surface area contributed by atoms with Gasteiger partial charge in [0.2, 0.25) is 0 Å². The third-order valence-electron chi connectivity index (χ3n) is 7.41. The predicted octanol–water partition coefficient (Wildman–Crippen LogP) is 5.41. The summed E-state index contributed by atoms with van der Waals surface area (Å²) in [5.74, 6) is 3.00. The number of hydrogen-bond acceptors (Lipinski definition) is 4. The second-order valence-corrected chi connectivity index (χ2v) is 10.2. The van der Waals surface area contributed by atoms with Crippen molar-refractivity contribution in [1.82, 2.24) is 14.8 Å². The average Bonchev–Trinajstić information content (AvgIpc) is 3.53. The number of aryl methyl sites for hydroxylation is 3. The van der Waals surface area contributed by atoms with Crippen molar-refractivity contribution < 1.29 is 9.90 Å². The van der Waals surface area contributed by atoms with Crippen LogP contribution in [-0.2, 0) is 17.6 Å². The third kappa shape index (κ3) is 5.86. The molecule has 0 bridgehead atoms. The van der Waals surface area contributed by atoms with E-state index >= 15 is 0 Å². The summed E-state index contributed by atoms with van der Waals surface area (Å²) in [5.41, 5.74) is 3.48. The van der Waals surface area contributed by atoms with E-state index in [1.165, 1.54) is 62.5 Å². The number of aliphatic hydroxyl groups is 1. The Bertz CT molecular complexity index is 910. The Morgan fingerprint density at radius 3 is 2.59 bits per heavy atom. The first-order valence-electron chi connectivity index (χ1n) is 12.7. The zero-order chi connectivity index (χ0) is 22.5. The quantitative estimate of drug-likeness (QED) is 0.510. The van der Waals surface area contributed by atoms with Crippen LogP contribution < -0.4 is 0 Å². The number of rotatable bonds is 11. The molecule has 5 heteroatoms. The highest BCUT2D eigenvalue weighted by molar-refractivity contribution is 5.82. The lowest BCUT2D eigenvalue weighted by molar-refractivity contribution is -0.118. The van der Waals surface area contributed by atoms with Gasteiger partial charge >= 0.3 is 0 Å². The Labute approximate surface area is 192 Å². The van der Waals surface area contributed by atoms with Gasteiger partial charge in [-0.2, -0.15) is 0 Å². The molecule has 2 fully saturated rings. The van der Waals surface area contributed by atoms with Crippen molar-refractivity contribution >= 4 is 5.78 Å². The molecule has 4 rings (SSSR count). The van der Waals surface area contributed by atoms with Crippen LogP contribution in [0.5, 0.6) is 0 Å². The first-order valence-corrected chi connectivity index (χ1v) is 12.7. The van der Waals surface area contributed by atoms with Crippen LogP contribution in [0.2, 0.25) is 0 Å². The molecule has 2 aliphatic carbocycles. The Balaban J connectivity index is 1.46.